The smallest absolute Gasteiger partial charge is 0.244 e. The summed E-state index contributed by atoms with van der Waals surface area (Å²) in [6.45, 7) is 1.76. The molecule has 1 aromatic carbocycles. The largest absolute Gasteiger partial charge is 0.399 e. The number of halogens is 1. The molecule has 6 heteroatoms. The number of ether oxygens (including phenoxy) is 1. The molecule has 0 saturated carbocycles. The molecule has 1 aliphatic rings. The molecule has 18 heavy (non-hydrogen) atoms. The van der Waals surface area contributed by atoms with Crippen molar-refractivity contribution in [3.63, 3.8) is 0 Å². The third kappa shape index (κ3) is 2.69. The molecule has 0 radical (unpaired) electrons. The zero-order valence-electron chi connectivity index (χ0n) is 10.1. The second-order valence-electron chi connectivity index (χ2n) is 4.11. The van der Waals surface area contributed by atoms with Crippen LogP contribution in [-0.2, 0) is 9.53 Å². The van der Waals surface area contributed by atoms with E-state index in [1.54, 1.807) is 7.05 Å². The maximum Gasteiger partial charge on any atom is 0.244 e. The molecule has 1 fully saturated rings. The Labute approximate surface area is 120 Å². The van der Waals surface area contributed by atoms with Crippen LogP contribution in [0.3, 0.4) is 0 Å². The van der Waals surface area contributed by atoms with E-state index >= 15 is 0 Å². The van der Waals surface area contributed by atoms with Gasteiger partial charge in [0.1, 0.15) is 6.04 Å². The van der Waals surface area contributed by atoms with Crippen molar-refractivity contribution in [1.29, 1.82) is 0 Å². The van der Waals surface area contributed by atoms with Gasteiger partial charge in [0, 0.05) is 22.8 Å². The van der Waals surface area contributed by atoms with Crippen LogP contribution in [0.2, 0.25) is 0 Å². The van der Waals surface area contributed by atoms with Crippen molar-refractivity contribution in [3.05, 3.63) is 21.8 Å². The normalized spacial score (nSPS) is 19.7. The van der Waals surface area contributed by atoms with E-state index in [0.29, 0.717) is 19.8 Å². The molecule has 0 bridgehead atoms. The average molecular weight is 361 g/mol. The Kier molecular flexibility index (Phi) is 4.28. The van der Waals surface area contributed by atoms with Gasteiger partial charge in [0.25, 0.3) is 0 Å². The van der Waals surface area contributed by atoms with E-state index < -0.39 is 0 Å². The number of amides is 1. The van der Waals surface area contributed by atoms with Gasteiger partial charge in [0.2, 0.25) is 5.91 Å². The topological polar surface area (TPSA) is 67.6 Å². The lowest BCUT2D eigenvalue weighted by molar-refractivity contribution is -0.124. The highest BCUT2D eigenvalue weighted by atomic mass is 127. The molecule has 1 aromatic rings. The molecule has 1 aliphatic heterocycles. The van der Waals surface area contributed by atoms with Gasteiger partial charge in [-0.25, -0.2) is 0 Å². The van der Waals surface area contributed by atoms with E-state index in [-0.39, 0.29) is 11.9 Å². The van der Waals surface area contributed by atoms with E-state index in [1.807, 2.05) is 18.2 Å². The molecule has 3 N–H and O–H groups in total. The van der Waals surface area contributed by atoms with Gasteiger partial charge in [0.15, 0.2) is 0 Å². The summed E-state index contributed by atoms with van der Waals surface area (Å²) >= 11 is 2.24. The predicted octanol–water partition coefficient (Wildman–Crippen LogP) is 0.825. The van der Waals surface area contributed by atoms with Gasteiger partial charge in [-0.15, -0.1) is 0 Å². The van der Waals surface area contributed by atoms with Crippen molar-refractivity contribution in [2.24, 2.45) is 0 Å². The summed E-state index contributed by atoms with van der Waals surface area (Å²) in [6.07, 6.45) is 0. The summed E-state index contributed by atoms with van der Waals surface area (Å²) in [6, 6.07) is 5.44. The highest BCUT2D eigenvalue weighted by molar-refractivity contribution is 14.1. The number of hydrogen-bond acceptors (Lipinski definition) is 4. The zero-order chi connectivity index (χ0) is 13.1. The number of benzene rings is 1. The van der Waals surface area contributed by atoms with Crippen molar-refractivity contribution in [2.75, 3.05) is 37.4 Å². The summed E-state index contributed by atoms with van der Waals surface area (Å²) in [4.78, 5) is 13.9. The molecule has 1 heterocycles. The minimum absolute atomic E-state index is 0.0256. The number of carbonyl (C=O) groups excluding carboxylic acids is 1. The first-order chi connectivity index (χ1) is 8.63. The van der Waals surface area contributed by atoms with Crippen LogP contribution in [0.25, 0.3) is 0 Å². The number of morpholine rings is 1. The summed E-state index contributed by atoms with van der Waals surface area (Å²) < 4.78 is 6.44. The second kappa shape index (κ2) is 5.75. The van der Waals surface area contributed by atoms with Crippen LogP contribution < -0.4 is 16.0 Å². The maximum atomic E-state index is 11.9. The van der Waals surface area contributed by atoms with E-state index in [9.17, 15) is 4.79 Å². The van der Waals surface area contributed by atoms with Gasteiger partial charge in [0.05, 0.1) is 18.9 Å². The first kappa shape index (κ1) is 13.4. The average Bonchev–Trinajstić information content (AvgIpc) is 2.38. The molecule has 5 nitrogen and oxygen atoms in total. The number of nitrogens with one attached hydrogen (secondary N) is 1. The SMILES string of the molecule is CNC(=O)C1COCCN1c1ccc(N)cc1I. The highest BCUT2D eigenvalue weighted by Crippen LogP contribution is 2.27. The molecule has 0 aromatic heterocycles. The number of likely N-dealkylation sites (N-methyl/N-ethyl adjacent to an activating group) is 1. The highest BCUT2D eigenvalue weighted by Gasteiger charge is 2.29. The van der Waals surface area contributed by atoms with Crippen LogP contribution in [0.5, 0.6) is 0 Å². The molecule has 1 atom stereocenters. The number of nitrogens with two attached hydrogens (primary N) is 1. The number of rotatable bonds is 2. The van der Waals surface area contributed by atoms with Gasteiger partial charge in [-0.3, -0.25) is 4.79 Å². The third-order valence-corrected chi connectivity index (χ3v) is 3.82. The summed E-state index contributed by atoms with van der Waals surface area (Å²) in [5.74, 6) is -0.0256. The van der Waals surface area contributed by atoms with Crippen LogP contribution in [-0.4, -0.2) is 38.8 Å². The van der Waals surface area contributed by atoms with Crippen molar-refractivity contribution < 1.29 is 9.53 Å². The molecule has 1 unspecified atom stereocenters. The van der Waals surface area contributed by atoms with Gasteiger partial charge >= 0.3 is 0 Å². The molecular formula is C12H16IN3O2. The number of nitrogen functional groups attached to an aromatic ring is 1. The van der Waals surface area contributed by atoms with Gasteiger partial charge in [-0.2, -0.15) is 0 Å². The zero-order valence-corrected chi connectivity index (χ0v) is 12.3. The van der Waals surface area contributed by atoms with E-state index in [4.69, 9.17) is 10.5 Å². The lowest BCUT2D eigenvalue weighted by atomic mass is 10.1. The molecule has 1 amide bonds. The van der Waals surface area contributed by atoms with Crippen LogP contribution in [0.15, 0.2) is 18.2 Å². The monoisotopic (exact) mass is 361 g/mol. The minimum atomic E-state index is -0.277. The van der Waals surface area contributed by atoms with Crippen molar-refractivity contribution in [1.82, 2.24) is 5.32 Å². The third-order valence-electron chi connectivity index (χ3n) is 2.96. The Morgan fingerprint density at radius 1 is 1.61 bits per heavy atom. The Morgan fingerprint density at radius 2 is 2.39 bits per heavy atom. The van der Waals surface area contributed by atoms with Crippen LogP contribution >= 0.6 is 22.6 Å². The quantitative estimate of drug-likeness (QED) is 0.605. The van der Waals surface area contributed by atoms with Crippen molar-refractivity contribution >= 4 is 39.9 Å². The van der Waals surface area contributed by atoms with Crippen LogP contribution in [0.4, 0.5) is 11.4 Å². The molecular weight excluding hydrogens is 345 g/mol. The summed E-state index contributed by atoms with van der Waals surface area (Å²) in [7, 11) is 1.64. The fourth-order valence-corrected chi connectivity index (χ4v) is 2.88. The van der Waals surface area contributed by atoms with Crippen molar-refractivity contribution in [2.45, 2.75) is 6.04 Å². The number of nitrogens with zero attached hydrogens (tertiary/aromatic N) is 1. The van der Waals surface area contributed by atoms with Gasteiger partial charge in [-0.05, 0) is 40.8 Å². The number of hydrogen-bond donors (Lipinski definition) is 2. The lowest BCUT2D eigenvalue weighted by Crippen LogP contribution is -2.53. The van der Waals surface area contributed by atoms with E-state index in [2.05, 4.69) is 32.8 Å². The molecule has 98 valence electrons. The predicted molar refractivity (Wildman–Crippen MR) is 79.6 cm³/mol. The van der Waals surface area contributed by atoms with Gasteiger partial charge < -0.3 is 20.7 Å². The van der Waals surface area contributed by atoms with Gasteiger partial charge in [-0.1, -0.05) is 0 Å². The fourth-order valence-electron chi connectivity index (χ4n) is 2.03. The Morgan fingerprint density at radius 3 is 3.06 bits per heavy atom. The first-order valence-electron chi connectivity index (χ1n) is 5.74. The molecule has 1 saturated heterocycles. The second-order valence-corrected chi connectivity index (χ2v) is 5.27. The number of carbonyl (C=O) groups is 1. The molecule has 2 rings (SSSR count). The maximum absolute atomic E-state index is 11.9. The first-order valence-corrected chi connectivity index (χ1v) is 6.82. The fraction of sp³-hybridized carbons (Fsp3) is 0.417. The van der Waals surface area contributed by atoms with Crippen LogP contribution in [0, 0.1) is 3.57 Å². The Balaban J connectivity index is 2.30. The van der Waals surface area contributed by atoms with E-state index in [0.717, 1.165) is 14.9 Å². The Hall–Kier alpha value is -1.02. The van der Waals surface area contributed by atoms with Crippen molar-refractivity contribution in [3.8, 4) is 0 Å². The molecule has 0 spiro atoms. The number of anilines is 2. The minimum Gasteiger partial charge on any atom is -0.399 e. The summed E-state index contributed by atoms with van der Waals surface area (Å²) in [5.41, 5.74) is 7.51. The standard InChI is InChI=1S/C12H16IN3O2/c1-15-12(17)11-7-18-5-4-16(11)10-3-2-8(14)6-9(10)13/h2-3,6,11H,4-5,7,14H2,1H3,(H,15,17). The molecule has 0 aliphatic carbocycles. The Bertz CT molecular complexity index is 453. The van der Waals surface area contributed by atoms with Crippen LogP contribution in [0.1, 0.15) is 0 Å². The summed E-state index contributed by atoms with van der Waals surface area (Å²) in [5, 5.41) is 2.68. The lowest BCUT2D eigenvalue weighted by Gasteiger charge is -2.36. The van der Waals surface area contributed by atoms with E-state index in [1.165, 1.54) is 0 Å².